The topological polar surface area (TPSA) is 73.3 Å². The molecular weight excluding hydrogens is 257 g/mol. The van der Waals surface area contributed by atoms with Crippen LogP contribution in [0.15, 0.2) is 18.2 Å². The summed E-state index contributed by atoms with van der Waals surface area (Å²) in [4.78, 5) is 2.13. The highest BCUT2D eigenvalue weighted by atomic mass is 19.1. The highest BCUT2D eigenvalue weighted by Gasteiger charge is 2.22. The molecule has 1 aromatic carbocycles. The van der Waals surface area contributed by atoms with E-state index in [2.05, 4.69) is 4.90 Å². The summed E-state index contributed by atoms with van der Waals surface area (Å²) in [6.45, 7) is 1.43. The lowest BCUT2D eigenvalue weighted by Gasteiger charge is -2.28. The minimum Gasteiger partial charge on any atom is -0.395 e. The average molecular weight is 279 g/mol. The van der Waals surface area contributed by atoms with Gasteiger partial charge in [-0.3, -0.25) is 10.3 Å². The average Bonchev–Trinajstić information content (AvgIpc) is 2.65. The van der Waals surface area contributed by atoms with Gasteiger partial charge in [-0.1, -0.05) is 25.0 Å². The number of aliphatic hydroxyl groups is 1. The van der Waals surface area contributed by atoms with Gasteiger partial charge < -0.3 is 10.8 Å². The van der Waals surface area contributed by atoms with Gasteiger partial charge in [0.25, 0.3) is 0 Å². The first-order valence-electron chi connectivity index (χ1n) is 7.10. The van der Waals surface area contributed by atoms with Crippen molar-refractivity contribution in [1.29, 1.82) is 5.41 Å². The first-order chi connectivity index (χ1) is 9.63. The molecule has 1 atom stereocenters. The van der Waals surface area contributed by atoms with E-state index < -0.39 is 5.82 Å². The van der Waals surface area contributed by atoms with E-state index in [1.54, 1.807) is 12.1 Å². The van der Waals surface area contributed by atoms with Crippen LogP contribution in [0.1, 0.15) is 36.8 Å². The highest BCUT2D eigenvalue weighted by molar-refractivity contribution is 5.95. The Labute approximate surface area is 118 Å². The zero-order valence-corrected chi connectivity index (χ0v) is 11.6. The molecule has 0 bridgehead atoms. The molecule has 5 heteroatoms. The monoisotopic (exact) mass is 279 g/mol. The third kappa shape index (κ3) is 3.35. The Morgan fingerprint density at radius 1 is 1.40 bits per heavy atom. The van der Waals surface area contributed by atoms with Gasteiger partial charge in [-0.05, 0) is 25.5 Å². The summed E-state index contributed by atoms with van der Waals surface area (Å²) < 4.78 is 14.3. The minimum absolute atomic E-state index is 0.0953. The molecule has 0 aromatic heterocycles. The van der Waals surface area contributed by atoms with Crippen LogP contribution >= 0.6 is 0 Å². The molecule has 1 aliphatic rings. The fourth-order valence-electron chi connectivity index (χ4n) is 2.78. The lowest BCUT2D eigenvalue weighted by Crippen LogP contribution is -2.37. The number of hydrogen-bond donors (Lipinski definition) is 3. The van der Waals surface area contributed by atoms with Gasteiger partial charge in [0.1, 0.15) is 11.7 Å². The fourth-order valence-corrected chi connectivity index (χ4v) is 2.78. The molecule has 1 fully saturated rings. The van der Waals surface area contributed by atoms with Gasteiger partial charge in [-0.15, -0.1) is 0 Å². The Balaban J connectivity index is 2.19. The molecule has 0 spiro atoms. The Hall–Kier alpha value is -1.46. The van der Waals surface area contributed by atoms with E-state index >= 15 is 0 Å². The Bertz CT molecular complexity index is 478. The van der Waals surface area contributed by atoms with E-state index in [-0.39, 0.29) is 24.0 Å². The summed E-state index contributed by atoms with van der Waals surface area (Å²) in [7, 11) is 0. The summed E-state index contributed by atoms with van der Waals surface area (Å²) in [5, 5.41) is 16.9. The zero-order chi connectivity index (χ0) is 14.5. The Morgan fingerprint density at radius 2 is 2.20 bits per heavy atom. The van der Waals surface area contributed by atoms with E-state index in [9.17, 15) is 9.50 Å². The molecule has 20 heavy (non-hydrogen) atoms. The molecular formula is C15H22FN3O. The van der Waals surface area contributed by atoms with Crippen molar-refractivity contribution in [3.63, 3.8) is 0 Å². The van der Waals surface area contributed by atoms with Crippen molar-refractivity contribution in [2.45, 2.75) is 38.3 Å². The lowest BCUT2D eigenvalue weighted by atomic mass is 10.1. The summed E-state index contributed by atoms with van der Waals surface area (Å²) >= 11 is 0. The van der Waals surface area contributed by atoms with E-state index in [0.717, 1.165) is 32.2 Å². The number of amidine groups is 1. The zero-order valence-electron chi connectivity index (χ0n) is 11.6. The van der Waals surface area contributed by atoms with E-state index in [1.165, 1.54) is 6.07 Å². The molecule has 4 N–H and O–H groups in total. The van der Waals surface area contributed by atoms with Crippen LogP contribution in [0.25, 0.3) is 0 Å². The number of benzene rings is 1. The van der Waals surface area contributed by atoms with Gasteiger partial charge in [-0.2, -0.15) is 0 Å². The normalized spacial score (nSPS) is 20.6. The van der Waals surface area contributed by atoms with Crippen molar-refractivity contribution in [3.8, 4) is 0 Å². The Morgan fingerprint density at radius 3 is 2.90 bits per heavy atom. The summed E-state index contributed by atoms with van der Waals surface area (Å²) in [5.41, 5.74) is 6.08. The van der Waals surface area contributed by atoms with Gasteiger partial charge in [0, 0.05) is 18.2 Å². The van der Waals surface area contributed by atoms with Crippen molar-refractivity contribution in [3.05, 3.63) is 35.1 Å². The van der Waals surface area contributed by atoms with E-state index in [4.69, 9.17) is 11.1 Å². The molecule has 110 valence electrons. The van der Waals surface area contributed by atoms with Gasteiger partial charge in [-0.25, -0.2) is 4.39 Å². The molecule has 1 aromatic rings. The summed E-state index contributed by atoms with van der Waals surface area (Å²) in [6.07, 6.45) is 4.29. The molecule has 0 aliphatic carbocycles. The number of aliphatic hydroxyl groups excluding tert-OH is 1. The van der Waals surface area contributed by atoms with Crippen LogP contribution in [0.2, 0.25) is 0 Å². The predicted octanol–water partition coefficient (Wildman–Crippen LogP) is 1.85. The number of likely N-dealkylation sites (tertiary alicyclic amines) is 1. The number of halogens is 1. The third-order valence-electron chi connectivity index (χ3n) is 3.95. The van der Waals surface area contributed by atoms with Crippen molar-refractivity contribution < 1.29 is 9.50 Å². The van der Waals surface area contributed by atoms with Crippen LogP contribution in [0.3, 0.4) is 0 Å². The second-order valence-corrected chi connectivity index (χ2v) is 5.35. The van der Waals surface area contributed by atoms with Crippen molar-refractivity contribution >= 4 is 5.84 Å². The van der Waals surface area contributed by atoms with Crippen LogP contribution in [-0.4, -0.2) is 35.0 Å². The fraction of sp³-hybridized carbons (Fsp3) is 0.533. The minimum atomic E-state index is -0.416. The number of nitrogens with two attached hydrogens (primary N) is 1. The molecule has 1 aliphatic heterocycles. The number of nitrogen functional groups attached to an aromatic ring is 1. The second kappa shape index (κ2) is 6.81. The molecule has 0 radical (unpaired) electrons. The standard InChI is InChI=1S/C15H22FN3O/c16-14-11(5-4-7-13(14)15(17)18)9-19-8-3-1-2-6-12(19)10-20/h4-5,7,12,20H,1-3,6,8-10H2,(H3,17,18). The van der Waals surface area contributed by atoms with Crippen LogP contribution in [0.5, 0.6) is 0 Å². The number of rotatable bonds is 4. The van der Waals surface area contributed by atoms with Crippen molar-refractivity contribution in [2.24, 2.45) is 5.73 Å². The maximum absolute atomic E-state index is 14.3. The largest absolute Gasteiger partial charge is 0.395 e. The van der Waals surface area contributed by atoms with Crippen LogP contribution < -0.4 is 5.73 Å². The molecule has 1 unspecified atom stereocenters. The maximum Gasteiger partial charge on any atom is 0.138 e. The Kier molecular flexibility index (Phi) is 5.09. The molecule has 0 amide bonds. The van der Waals surface area contributed by atoms with Crippen LogP contribution in [0.4, 0.5) is 4.39 Å². The summed E-state index contributed by atoms with van der Waals surface area (Å²) in [5.74, 6) is -0.667. The van der Waals surface area contributed by atoms with Crippen molar-refractivity contribution in [2.75, 3.05) is 13.2 Å². The van der Waals surface area contributed by atoms with Crippen molar-refractivity contribution in [1.82, 2.24) is 4.90 Å². The number of hydrogen-bond acceptors (Lipinski definition) is 3. The molecule has 0 saturated carbocycles. The SMILES string of the molecule is N=C(N)c1cccc(CN2CCCCCC2CO)c1F. The molecule has 4 nitrogen and oxygen atoms in total. The van der Waals surface area contributed by atoms with E-state index in [1.807, 2.05) is 0 Å². The third-order valence-corrected chi connectivity index (χ3v) is 3.95. The van der Waals surface area contributed by atoms with Gasteiger partial charge in [0.2, 0.25) is 0 Å². The summed E-state index contributed by atoms with van der Waals surface area (Å²) in [6, 6.07) is 5.06. The number of nitrogens with zero attached hydrogens (tertiary/aromatic N) is 1. The second-order valence-electron chi connectivity index (χ2n) is 5.35. The van der Waals surface area contributed by atoms with Crippen LogP contribution in [-0.2, 0) is 6.54 Å². The van der Waals surface area contributed by atoms with Gasteiger partial charge >= 0.3 is 0 Å². The van der Waals surface area contributed by atoms with Crippen LogP contribution in [0, 0.1) is 11.2 Å². The quantitative estimate of drug-likeness (QED) is 0.581. The van der Waals surface area contributed by atoms with Gasteiger partial charge in [0.15, 0.2) is 0 Å². The molecule has 1 saturated heterocycles. The van der Waals surface area contributed by atoms with Gasteiger partial charge in [0.05, 0.1) is 12.2 Å². The first kappa shape index (κ1) is 14.9. The first-order valence-corrected chi connectivity index (χ1v) is 7.10. The van der Waals surface area contributed by atoms with E-state index in [0.29, 0.717) is 12.1 Å². The molecule has 2 rings (SSSR count). The molecule has 1 heterocycles. The lowest BCUT2D eigenvalue weighted by molar-refractivity contribution is 0.117. The smallest absolute Gasteiger partial charge is 0.138 e. The maximum atomic E-state index is 14.3. The predicted molar refractivity (Wildman–Crippen MR) is 77.2 cm³/mol. The highest BCUT2D eigenvalue weighted by Crippen LogP contribution is 2.21. The number of nitrogens with one attached hydrogen (secondary N) is 1.